The van der Waals surface area contributed by atoms with Crippen LogP contribution in [0.4, 0.5) is 16.5 Å². The van der Waals surface area contributed by atoms with Crippen molar-refractivity contribution in [3.63, 3.8) is 0 Å². The van der Waals surface area contributed by atoms with Crippen LogP contribution in [-0.2, 0) is 19.4 Å². The van der Waals surface area contributed by atoms with Crippen LogP contribution in [0.5, 0.6) is 0 Å². The molecule has 0 saturated heterocycles. The number of aromatic nitrogens is 1. The largest absolute Gasteiger partial charge is 0.372 e. The fraction of sp³-hybridized carbons (Fsp3) is 0.240. The van der Waals surface area contributed by atoms with Crippen LogP contribution in [0, 0.1) is 0 Å². The smallest absolute Gasteiger partial charge is 0.185 e. The number of thiazole rings is 1. The zero-order chi connectivity index (χ0) is 21.3. The van der Waals surface area contributed by atoms with Crippen molar-refractivity contribution in [1.29, 1.82) is 0 Å². The van der Waals surface area contributed by atoms with Gasteiger partial charge in [-0.05, 0) is 47.4 Å². The third-order valence-electron chi connectivity index (χ3n) is 6.26. The molecule has 6 nitrogen and oxygen atoms in total. The minimum Gasteiger partial charge on any atom is -0.372 e. The van der Waals surface area contributed by atoms with E-state index in [2.05, 4.69) is 80.2 Å². The summed E-state index contributed by atoms with van der Waals surface area (Å²) >= 11 is 1.82. The Kier molecular flexibility index (Phi) is 4.96. The third-order valence-corrected chi connectivity index (χ3v) is 7.32. The summed E-state index contributed by atoms with van der Waals surface area (Å²) in [6, 6.07) is 15.7. The van der Waals surface area contributed by atoms with E-state index < -0.39 is 0 Å². The van der Waals surface area contributed by atoms with E-state index in [-0.39, 0.29) is 0 Å². The number of nitrogens with one attached hydrogen (secondary N) is 2. The molecule has 2 aromatic carbocycles. The van der Waals surface area contributed by atoms with Gasteiger partial charge in [-0.25, -0.2) is 4.98 Å². The second-order valence-electron chi connectivity index (χ2n) is 8.37. The molecule has 0 radical (unpaired) electrons. The quantitative estimate of drug-likeness (QED) is 0.624. The van der Waals surface area contributed by atoms with Gasteiger partial charge in [0.2, 0.25) is 0 Å². The highest BCUT2D eigenvalue weighted by Gasteiger charge is 2.20. The normalized spacial score (nSPS) is 16.9. The van der Waals surface area contributed by atoms with Crippen LogP contribution in [0.2, 0.25) is 0 Å². The van der Waals surface area contributed by atoms with E-state index in [1.54, 1.807) is 0 Å². The van der Waals surface area contributed by atoms with Crippen LogP contribution in [0.25, 0.3) is 0 Å². The number of rotatable bonds is 5. The Balaban J connectivity index is 1.12. The summed E-state index contributed by atoms with van der Waals surface area (Å²) in [4.78, 5) is 12.9. The van der Waals surface area contributed by atoms with Crippen molar-refractivity contribution in [2.45, 2.75) is 19.4 Å². The lowest BCUT2D eigenvalue weighted by molar-refractivity contribution is 0.728. The summed E-state index contributed by atoms with van der Waals surface area (Å²) < 4.78 is 0. The van der Waals surface area contributed by atoms with Gasteiger partial charge < -0.3 is 25.3 Å². The summed E-state index contributed by atoms with van der Waals surface area (Å²) in [6.45, 7) is 3.64. The second-order valence-corrected chi connectivity index (χ2v) is 9.47. The molecule has 0 saturated carbocycles. The number of hydrogen-bond acceptors (Lipinski definition) is 7. The van der Waals surface area contributed by atoms with Gasteiger partial charge in [0.25, 0.3) is 0 Å². The molecule has 32 heavy (non-hydrogen) atoms. The van der Waals surface area contributed by atoms with E-state index in [1.165, 1.54) is 32.9 Å². The summed E-state index contributed by atoms with van der Waals surface area (Å²) in [5, 5.41) is 7.58. The van der Waals surface area contributed by atoms with Crippen molar-refractivity contribution in [3.8, 4) is 0 Å². The van der Waals surface area contributed by atoms with Crippen molar-refractivity contribution in [1.82, 2.24) is 15.6 Å². The van der Waals surface area contributed by atoms with Gasteiger partial charge in [0, 0.05) is 66.8 Å². The Bertz CT molecular complexity index is 1170. The summed E-state index contributed by atoms with van der Waals surface area (Å²) in [7, 11) is 0. The Hall–Kier alpha value is -3.45. The van der Waals surface area contributed by atoms with Crippen molar-refractivity contribution in [3.05, 3.63) is 95.0 Å². The monoisotopic (exact) mass is 442 g/mol. The molecule has 0 spiro atoms. The van der Waals surface area contributed by atoms with Crippen LogP contribution in [0.1, 0.15) is 21.6 Å². The van der Waals surface area contributed by atoms with E-state index in [4.69, 9.17) is 4.98 Å². The van der Waals surface area contributed by atoms with Crippen LogP contribution in [-0.4, -0.2) is 24.9 Å². The zero-order valence-corrected chi connectivity index (χ0v) is 18.7. The Morgan fingerprint density at radius 3 is 2.38 bits per heavy atom. The van der Waals surface area contributed by atoms with Crippen LogP contribution >= 0.6 is 11.3 Å². The van der Waals surface area contributed by atoms with Gasteiger partial charge in [-0.1, -0.05) is 18.2 Å². The van der Waals surface area contributed by atoms with Crippen molar-refractivity contribution in [2.24, 2.45) is 0 Å². The lowest BCUT2D eigenvalue weighted by atomic mass is 9.99. The number of anilines is 3. The number of fused-ring (bicyclic) bond motifs is 1. The second kappa shape index (κ2) is 8.24. The van der Waals surface area contributed by atoms with Crippen LogP contribution < -0.4 is 25.3 Å². The molecule has 0 aliphatic carbocycles. The summed E-state index contributed by atoms with van der Waals surface area (Å²) in [6.07, 6.45) is 12.2. The molecular formula is C25H26N6S. The molecular weight excluding hydrogens is 416 g/mol. The maximum atomic E-state index is 4.76. The summed E-state index contributed by atoms with van der Waals surface area (Å²) in [5.74, 6) is 0. The van der Waals surface area contributed by atoms with Crippen molar-refractivity contribution < 1.29 is 0 Å². The predicted molar refractivity (Wildman–Crippen MR) is 132 cm³/mol. The van der Waals surface area contributed by atoms with E-state index in [1.807, 2.05) is 29.9 Å². The zero-order valence-electron chi connectivity index (χ0n) is 17.9. The molecule has 0 atom stereocenters. The van der Waals surface area contributed by atoms with Gasteiger partial charge in [-0.3, -0.25) is 0 Å². The maximum Gasteiger partial charge on any atom is 0.185 e. The SMILES string of the molecule is C1=CN(c2ccc(Cc3cnc(N4CCc5cc(N6C=CNC6)ccc5C4)s3)cc2)CN1. The van der Waals surface area contributed by atoms with Crippen molar-refractivity contribution in [2.75, 3.05) is 34.6 Å². The molecule has 3 aliphatic heterocycles. The molecule has 4 heterocycles. The lowest BCUT2D eigenvalue weighted by Gasteiger charge is -2.29. The first kappa shape index (κ1) is 19.3. The topological polar surface area (TPSA) is 46.7 Å². The van der Waals surface area contributed by atoms with Crippen molar-refractivity contribution >= 4 is 27.8 Å². The third kappa shape index (κ3) is 3.80. The molecule has 2 N–H and O–H groups in total. The standard InChI is InChI=1S/C25H26N6S/c1-4-22(30-11-8-26-17-30)5-2-19(1)13-24-15-28-25(32-24)29-10-7-20-14-23(6-3-21(20)16-29)31-12-9-27-18-31/h1-6,8-9,11-12,14-15,26-27H,7,10,13,16-18H2. The van der Waals surface area contributed by atoms with Gasteiger partial charge in [0.05, 0.1) is 13.3 Å². The lowest BCUT2D eigenvalue weighted by Crippen LogP contribution is -2.30. The first-order chi connectivity index (χ1) is 15.8. The highest BCUT2D eigenvalue weighted by atomic mass is 32.1. The maximum absolute atomic E-state index is 4.76. The molecule has 0 fully saturated rings. The average molecular weight is 443 g/mol. The van der Waals surface area contributed by atoms with Gasteiger partial charge in [-0.15, -0.1) is 11.3 Å². The Labute approximate surface area is 192 Å². The molecule has 162 valence electrons. The van der Waals surface area contributed by atoms with Gasteiger partial charge in [0.1, 0.15) is 0 Å². The van der Waals surface area contributed by atoms with Gasteiger partial charge >= 0.3 is 0 Å². The predicted octanol–water partition coefficient (Wildman–Crippen LogP) is 3.97. The molecule has 0 unspecified atom stereocenters. The van der Waals surface area contributed by atoms with E-state index in [9.17, 15) is 0 Å². The Morgan fingerprint density at radius 2 is 1.62 bits per heavy atom. The van der Waals surface area contributed by atoms with E-state index in [0.29, 0.717) is 0 Å². The molecule has 6 rings (SSSR count). The number of benzene rings is 2. The van der Waals surface area contributed by atoms with E-state index >= 15 is 0 Å². The van der Waals surface area contributed by atoms with Gasteiger partial charge in [0.15, 0.2) is 5.13 Å². The molecule has 0 bridgehead atoms. The Morgan fingerprint density at radius 1 is 0.875 bits per heavy atom. The number of hydrogen-bond donors (Lipinski definition) is 2. The molecule has 7 heteroatoms. The average Bonchev–Trinajstić information content (AvgIpc) is 3.62. The highest BCUT2D eigenvalue weighted by molar-refractivity contribution is 7.15. The molecule has 3 aliphatic rings. The fourth-order valence-electron chi connectivity index (χ4n) is 4.46. The first-order valence-electron chi connectivity index (χ1n) is 11.1. The molecule has 0 amide bonds. The minimum absolute atomic E-state index is 0.838. The number of nitrogens with zero attached hydrogens (tertiary/aromatic N) is 4. The van der Waals surface area contributed by atoms with Crippen LogP contribution in [0.3, 0.4) is 0 Å². The molecule has 3 aromatic rings. The summed E-state index contributed by atoms with van der Waals surface area (Å²) in [5.41, 5.74) is 6.67. The van der Waals surface area contributed by atoms with E-state index in [0.717, 1.165) is 44.4 Å². The molecule has 1 aromatic heterocycles. The highest BCUT2D eigenvalue weighted by Crippen LogP contribution is 2.31. The first-order valence-corrected chi connectivity index (χ1v) is 11.9. The fourth-order valence-corrected chi connectivity index (χ4v) is 5.43. The van der Waals surface area contributed by atoms with Crippen LogP contribution in [0.15, 0.2) is 73.5 Å². The minimum atomic E-state index is 0.838. The van der Waals surface area contributed by atoms with Gasteiger partial charge in [-0.2, -0.15) is 0 Å².